The van der Waals surface area contributed by atoms with Crippen LogP contribution in [0.2, 0.25) is 0 Å². The van der Waals surface area contributed by atoms with Gasteiger partial charge in [-0.1, -0.05) is 30.3 Å². The third kappa shape index (κ3) is 11.7. The maximum atomic E-state index is 13.5. The molecule has 1 aromatic carbocycles. The van der Waals surface area contributed by atoms with E-state index in [9.17, 15) is 27.6 Å². The molecule has 2 heterocycles. The van der Waals surface area contributed by atoms with Gasteiger partial charge in [-0.2, -0.15) is 0 Å². The second kappa shape index (κ2) is 16.2. The second-order valence-electron chi connectivity index (χ2n) is 12.9. The van der Waals surface area contributed by atoms with Crippen molar-refractivity contribution in [1.82, 2.24) is 25.2 Å². The van der Waals surface area contributed by atoms with Gasteiger partial charge in [0.2, 0.25) is 27.7 Å². The summed E-state index contributed by atoms with van der Waals surface area (Å²) in [5.74, 6) is -1.10. The van der Waals surface area contributed by atoms with Gasteiger partial charge in [0, 0.05) is 32.6 Å². The van der Waals surface area contributed by atoms with E-state index >= 15 is 0 Å². The number of hydrogen-bond donors (Lipinski definition) is 4. The van der Waals surface area contributed by atoms with Crippen molar-refractivity contribution in [1.29, 1.82) is 5.41 Å². The molecule has 0 aromatic heterocycles. The molecule has 1 aromatic rings. The summed E-state index contributed by atoms with van der Waals surface area (Å²) in [5, 5.41) is 13.9. The number of likely N-dealkylation sites (tertiary alicyclic amines) is 2. The van der Waals surface area contributed by atoms with Crippen molar-refractivity contribution in [2.24, 2.45) is 11.3 Å². The number of nitrogens with zero attached hydrogens (tertiary/aromatic N) is 2. The fourth-order valence-corrected chi connectivity index (χ4v) is 6.10. The minimum Gasteiger partial charge on any atom is -0.465 e. The highest BCUT2D eigenvalue weighted by molar-refractivity contribution is 7.88. The lowest BCUT2D eigenvalue weighted by Gasteiger charge is -2.34. The van der Waals surface area contributed by atoms with Crippen LogP contribution in [0.5, 0.6) is 0 Å². The fourth-order valence-electron chi connectivity index (χ4n) is 5.40. The number of carbonyl (C=O) groups excluding carboxylic acids is 4. The molecule has 45 heavy (non-hydrogen) atoms. The topological polar surface area (TPSA) is 178 Å². The van der Waals surface area contributed by atoms with Crippen LogP contribution in [0, 0.1) is 16.7 Å². The normalized spacial score (nSPS) is 18.3. The number of ether oxygens (including phenoxy) is 1. The summed E-state index contributed by atoms with van der Waals surface area (Å²) in [4.78, 5) is 54.0. The van der Waals surface area contributed by atoms with Crippen molar-refractivity contribution < 1.29 is 32.3 Å². The van der Waals surface area contributed by atoms with E-state index in [0.29, 0.717) is 58.3 Å². The number of carbonyl (C=O) groups is 4. The number of rotatable bonds is 12. The Morgan fingerprint density at radius 3 is 2.33 bits per heavy atom. The number of piperidine rings is 1. The number of benzene rings is 1. The first-order chi connectivity index (χ1) is 21.1. The van der Waals surface area contributed by atoms with Gasteiger partial charge in [0.25, 0.3) is 0 Å². The zero-order chi connectivity index (χ0) is 33.2. The first kappa shape index (κ1) is 36.0. The molecule has 0 spiro atoms. The zero-order valence-corrected chi connectivity index (χ0v) is 27.6. The number of sulfonamides is 1. The highest BCUT2D eigenvalue weighted by Crippen LogP contribution is 2.21. The van der Waals surface area contributed by atoms with Crippen molar-refractivity contribution in [2.45, 2.75) is 77.8 Å². The maximum absolute atomic E-state index is 13.5. The quantitative estimate of drug-likeness (QED) is 0.114. The molecular weight excluding hydrogens is 600 g/mol. The molecule has 0 radical (unpaired) electrons. The van der Waals surface area contributed by atoms with Gasteiger partial charge in [0.15, 0.2) is 5.96 Å². The van der Waals surface area contributed by atoms with Crippen LogP contribution in [0.25, 0.3) is 0 Å². The first-order valence-corrected chi connectivity index (χ1v) is 17.4. The van der Waals surface area contributed by atoms with E-state index in [0.717, 1.165) is 11.8 Å². The molecule has 14 heteroatoms. The summed E-state index contributed by atoms with van der Waals surface area (Å²) < 4.78 is 31.7. The SMILES string of the molecule is CC(C)(C)C(=O)OCCCC(=O)NC(=N)N1CCC(CNC(=O)[C@@H]2CCCN2C(=O)[C@@H](Cc2ccccc2)NS(C)(=O)=O)CC1. The molecule has 2 fully saturated rings. The minimum atomic E-state index is -3.67. The van der Waals surface area contributed by atoms with Crippen LogP contribution in [0.3, 0.4) is 0 Å². The van der Waals surface area contributed by atoms with E-state index < -0.39 is 33.4 Å². The van der Waals surface area contributed by atoms with Gasteiger partial charge in [-0.15, -0.1) is 0 Å². The number of guanidine groups is 1. The number of amides is 3. The Balaban J connectivity index is 1.42. The highest BCUT2D eigenvalue weighted by atomic mass is 32.2. The number of nitrogens with one attached hydrogen (secondary N) is 4. The van der Waals surface area contributed by atoms with Crippen molar-refractivity contribution in [2.75, 3.05) is 39.0 Å². The third-order valence-corrected chi connectivity index (χ3v) is 8.64. The van der Waals surface area contributed by atoms with Crippen LogP contribution in [-0.4, -0.2) is 99.0 Å². The molecular formula is C31H48N6O7S. The molecule has 2 aliphatic heterocycles. The molecule has 13 nitrogen and oxygen atoms in total. The Kier molecular flexibility index (Phi) is 12.9. The fraction of sp³-hybridized carbons (Fsp3) is 0.645. The highest BCUT2D eigenvalue weighted by Gasteiger charge is 2.38. The van der Waals surface area contributed by atoms with Crippen molar-refractivity contribution in [3.8, 4) is 0 Å². The largest absolute Gasteiger partial charge is 0.465 e. The van der Waals surface area contributed by atoms with E-state index in [2.05, 4.69) is 15.4 Å². The number of hydrogen-bond acceptors (Lipinski definition) is 8. The van der Waals surface area contributed by atoms with E-state index in [4.69, 9.17) is 10.1 Å². The molecule has 0 bridgehead atoms. The Hall–Kier alpha value is -3.52. The van der Waals surface area contributed by atoms with Gasteiger partial charge in [-0.05, 0) is 70.8 Å². The first-order valence-electron chi connectivity index (χ1n) is 15.5. The summed E-state index contributed by atoms with van der Waals surface area (Å²) in [6.45, 7) is 7.34. The van der Waals surface area contributed by atoms with E-state index in [-0.39, 0.29) is 49.1 Å². The Bertz CT molecular complexity index is 1310. The summed E-state index contributed by atoms with van der Waals surface area (Å²) in [5.41, 5.74) is 0.214. The molecule has 0 aliphatic carbocycles. The molecule has 4 N–H and O–H groups in total. The van der Waals surface area contributed by atoms with Crippen LogP contribution in [0.1, 0.15) is 64.9 Å². The van der Waals surface area contributed by atoms with Gasteiger partial charge in [-0.3, -0.25) is 29.9 Å². The molecule has 2 saturated heterocycles. The summed E-state index contributed by atoms with van der Waals surface area (Å²) >= 11 is 0. The Labute approximate surface area is 266 Å². The van der Waals surface area contributed by atoms with Crippen LogP contribution in [0.4, 0.5) is 0 Å². The zero-order valence-electron chi connectivity index (χ0n) is 26.8. The van der Waals surface area contributed by atoms with Gasteiger partial charge in [-0.25, -0.2) is 13.1 Å². The molecule has 0 unspecified atom stereocenters. The average Bonchev–Trinajstić information content (AvgIpc) is 3.47. The Morgan fingerprint density at radius 1 is 1.04 bits per heavy atom. The average molecular weight is 649 g/mol. The van der Waals surface area contributed by atoms with E-state index in [1.54, 1.807) is 25.7 Å². The monoisotopic (exact) mass is 648 g/mol. The smallest absolute Gasteiger partial charge is 0.311 e. The van der Waals surface area contributed by atoms with Crippen molar-refractivity contribution >= 4 is 39.7 Å². The molecule has 250 valence electrons. The second-order valence-corrected chi connectivity index (χ2v) is 14.7. The van der Waals surface area contributed by atoms with Crippen LogP contribution < -0.4 is 15.4 Å². The van der Waals surface area contributed by atoms with Gasteiger partial charge < -0.3 is 19.9 Å². The third-order valence-electron chi connectivity index (χ3n) is 7.92. The van der Waals surface area contributed by atoms with Crippen LogP contribution in [-0.2, 0) is 40.4 Å². The lowest BCUT2D eigenvalue weighted by atomic mass is 9.96. The molecule has 3 amide bonds. The predicted octanol–water partition coefficient (Wildman–Crippen LogP) is 1.39. The summed E-state index contributed by atoms with van der Waals surface area (Å²) in [7, 11) is -3.67. The predicted molar refractivity (Wildman–Crippen MR) is 169 cm³/mol. The van der Waals surface area contributed by atoms with Gasteiger partial charge in [0.05, 0.1) is 18.3 Å². The van der Waals surface area contributed by atoms with Crippen LogP contribution >= 0.6 is 0 Å². The lowest BCUT2D eigenvalue weighted by molar-refractivity contribution is -0.153. The molecule has 3 rings (SSSR count). The lowest BCUT2D eigenvalue weighted by Crippen LogP contribution is -2.54. The molecule has 2 atom stereocenters. The van der Waals surface area contributed by atoms with E-state index in [1.165, 1.54) is 4.90 Å². The minimum absolute atomic E-state index is 0.0297. The van der Waals surface area contributed by atoms with Crippen molar-refractivity contribution in [3.63, 3.8) is 0 Å². The Morgan fingerprint density at radius 2 is 1.71 bits per heavy atom. The van der Waals surface area contributed by atoms with Gasteiger partial charge >= 0.3 is 5.97 Å². The molecule has 0 saturated carbocycles. The maximum Gasteiger partial charge on any atom is 0.311 e. The summed E-state index contributed by atoms with van der Waals surface area (Å²) in [6.07, 6.45) is 4.28. The van der Waals surface area contributed by atoms with Crippen molar-refractivity contribution in [3.05, 3.63) is 35.9 Å². The van der Waals surface area contributed by atoms with E-state index in [1.807, 2.05) is 30.3 Å². The van der Waals surface area contributed by atoms with Crippen LogP contribution in [0.15, 0.2) is 30.3 Å². The van der Waals surface area contributed by atoms with Gasteiger partial charge in [0.1, 0.15) is 12.1 Å². The molecule has 2 aliphatic rings. The number of esters is 1. The standard InChI is InChI=1S/C31H48N6O7S/c1-31(2,3)29(41)44-19-9-13-26(38)34-30(32)36-17-14-23(15-18-36)21-33-27(39)25-12-8-16-37(25)28(40)24(35-45(4,42)43)20-22-10-6-5-7-11-22/h5-7,10-11,23-25,35H,8-9,12-21H2,1-4H3,(H,33,39)(H2,32,34,38)/t24-,25+/m1/s1. The summed E-state index contributed by atoms with van der Waals surface area (Å²) in [6, 6.07) is 7.47.